The van der Waals surface area contributed by atoms with Crippen molar-refractivity contribution in [2.75, 3.05) is 27.7 Å². The zero-order valence-electron chi connectivity index (χ0n) is 12.3. The number of halogens is 1. The Kier molecular flexibility index (Phi) is 5.76. The minimum Gasteiger partial charge on any atom is -0.377 e. The fourth-order valence-electron chi connectivity index (χ4n) is 1.86. The van der Waals surface area contributed by atoms with E-state index in [2.05, 4.69) is 15.4 Å². The Balaban J connectivity index is 3.06. The monoisotopic (exact) mass is 289 g/mol. The van der Waals surface area contributed by atoms with E-state index in [-0.39, 0.29) is 6.04 Å². The number of hydrogen-bond acceptors (Lipinski definition) is 5. The molecule has 1 aromatic heterocycles. The van der Waals surface area contributed by atoms with Crippen molar-refractivity contribution in [2.24, 2.45) is 5.84 Å². The minimum atomic E-state index is -0.492. The fourth-order valence-corrected chi connectivity index (χ4v) is 2.11. The van der Waals surface area contributed by atoms with Crippen molar-refractivity contribution in [2.45, 2.75) is 32.0 Å². The quantitative estimate of drug-likeness (QED) is 0.580. The van der Waals surface area contributed by atoms with Gasteiger partial charge in [0.2, 0.25) is 0 Å². The van der Waals surface area contributed by atoms with Crippen LogP contribution in [0.5, 0.6) is 0 Å². The molecule has 0 aliphatic rings. The third kappa shape index (κ3) is 3.90. The van der Waals surface area contributed by atoms with Crippen LogP contribution in [0.2, 0.25) is 5.02 Å². The first kappa shape index (κ1) is 16.4. The molecule has 3 N–H and O–H groups in total. The first-order valence-electron chi connectivity index (χ1n) is 6.20. The second-order valence-corrected chi connectivity index (χ2v) is 5.72. The molecule has 1 heterocycles. The average Bonchev–Trinajstić information content (AvgIpc) is 2.69. The normalized spacial score (nSPS) is 14.1. The summed E-state index contributed by atoms with van der Waals surface area (Å²) in [6, 6.07) is -0.241. The van der Waals surface area contributed by atoms with Crippen molar-refractivity contribution < 1.29 is 4.74 Å². The number of methoxy groups -OCH3 is 1. The summed E-state index contributed by atoms with van der Waals surface area (Å²) in [5, 5.41) is 4.90. The number of ether oxygens (including phenoxy) is 1. The maximum Gasteiger partial charge on any atom is 0.0927 e. The van der Waals surface area contributed by atoms with E-state index in [1.807, 2.05) is 32.6 Å². The van der Waals surface area contributed by atoms with E-state index in [1.54, 1.807) is 13.3 Å². The molecule has 0 saturated carbocycles. The Hall–Kier alpha value is -0.660. The Bertz CT molecular complexity index is 405. The van der Waals surface area contributed by atoms with Crippen LogP contribution >= 0.6 is 11.6 Å². The van der Waals surface area contributed by atoms with Gasteiger partial charge in [-0.15, -0.1) is 0 Å². The molecule has 0 spiro atoms. The van der Waals surface area contributed by atoms with E-state index in [0.717, 1.165) is 18.8 Å². The molecule has 0 saturated heterocycles. The van der Waals surface area contributed by atoms with Gasteiger partial charge in [0.15, 0.2) is 0 Å². The Labute approximate surface area is 119 Å². The maximum atomic E-state index is 6.25. The van der Waals surface area contributed by atoms with Gasteiger partial charge in [-0.3, -0.25) is 10.5 Å². The van der Waals surface area contributed by atoms with E-state index in [1.165, 1.54) is 0 Å². The molecule has 0 radical (unpaired) electrons. The van der Waals surface area contributed by atoms with Crippen molar-refractivity contribution in [1.82, 2.24) is 20.1 Å². The van der Waals surface area contributed by atoms with Crippen molar-refractivity contribution in [1.29, 1.82) is 0 Å². The lowest BCUT2D eigenvalue weighted by atomic mass is 9.96. The molecule has 110 valence electrons. The Morgan fingerprint density at radius 1 is 1.58 bits per heavy atom. The number of aromatic nitrogens is 2. The molecule has 0 fully saturated rings. The van der Waals surface area contributed by atoms with Gasteiger partial charge in [0.1, 0.15) is 0 Å². The molecule has 0 aliphatic carbocycles. The molecular formula is C12H24ClN5O. The van der Waals surface area contributed by atoms with Gasteiger partial charge in [-0.25, -0.2) is 5.43 Å². The molecular weight excluding hydrogens is 266 g/mol. The van der Waals surface area contributed by atoms with E-state index < -0.39 is 5.60 Å². The molecule has 1 rings (SSSR count). The predicted molar refractivity (Wildman–Crippen MR) is 76.9 cm³/mol. The van der Waals surface area contributed by atoms with Gasteiger partial charge in [0.25, 0.3) is 0 Å². The molecule has 0 amide bonds. The van der Waals surface area contributed by atoms with Crippen LogP contribution < -0.4 is 11.3 Å². The van der Waals surface area contributed by atoms with Gasteiger partial charge in [-0.05, 0) is 27.9 Å². The lowest BCUT2D eigenvalue weighted by molar-refractivity contribution is -0.0136. The van der Waals surface area contributed by atoms with E-state index in [9.17, 15) is 0 Å². The Morgan fingerprint density at radius 2 is 2.21 bits per heavy atom. The summed E-state index contributed by atoms with van der Waals surface area (Å²) in [6.45, 7) is 5.52. The summed E-state index contributed by atoms with van der Waals surface area (Å²) in [7, 11) is 5.68. The van der Waals surface area contributed by atoms with E-state index in [0.29, 0.717) is 5.02 Å². The summed E-state index contributed by atoms with van der Waals surface area (Å²) in [6.07, 6.45) is 1.64. The van der Waals surface area contributed by atoms with Crippen molar-refractivity contribution in [3.8, 4) is 0 Å². The van der Waals surface area contributed by atoms with Gasteiger partial charge >= 0.3 is 0 Å². The summed E-state index contributed by atoms with van der Waals surface area (Å²) in [5.74, 6) is 5.68. The first-order valence-corrected chi connectivity index (χ1v) is 6.58. The number of hydrazine groups is 1. The minimum absolute atomic E-state index is 0.241. The van der Waals surface area contributed by atoms with Gasteiger partial charge in [0, 0.05) is 13.7 Å². The molecule has 1 aromatic rings. The molecule has 0 bridgehead atoms. The second-order valence-electron chi connectivity index (χ2n) is 5.31. The summed E-state index contributed by atoms with van der Waals surface area (Å²) in [4.78, 5) is 2.09. The van der Waals surface area contributed by atoms with Gasteiger partial charge in [-0.1, -0.05) is 11.6 Å². The van der Waals surface area contributed by atoms with Crippen LogP contribution in [-0.4, -0.2) is 48.0 Å². The van der Waals surface area contributed by atoms with Crippen molar-refractivity contribution in [3.05, 3.63) is 16.9 Å². The lowest BCUT2D eigenvalue weighted by Crippen LogP contribution is -2.45. The zero-order chi connectivity index (χ0) is 14.6. The molecule has 0 aliphatic heterocycles. The van der Waals surface area contributed by atoms with E-state index >= 15 is 0 Å². The van der Waals surface area contributed by atoms with Gasteiger partial charge in [0.05, 0.1) is 35.1 Å². The summed E-state index contributed by atoms with van der Waals surface area (Å²) in [5.41, 5.74) is 3.13. The van der Waals surface area contributed by atoms with Gasteiger partial charge in [-0.2, -0.15) is 5.10 Å². The number of likely N-dealkylation sites (N-methyl/N-ethyl adjacent to an activating group) is 1. The molecule has 1 atom stereocenters. The highest BCUT2D eigenvalue weighted by Crippen LogP contribution is 2.32. The summed E-state index contributed by atoms with van der Waals surface area (Å²) < 4.78 is 7.37. The van der Waals surface area contributed by atoms with Crippen LogP contribution in [0.1, 0.15) is 25.6 Å². The second kappa shape index (κ2) is 6.67. The largest absolute Gasteiger partial charge is 0.377 e. The van der Waals surface area contributed by atoms with Gasteiger partial charge < -0.3 is 9.64 Å². The smallest absolute Gasteiger partial charge is 0.0927 e. The van der Waals surface area contributed by atoms with Crippen LogP contribution in [-0.2, 0) is 11.3 Å². The number of rotatable bonds is 7. The van der Waals surface area contributed by atoms with E-state index in [4.69, 9.17) is 22.2 Å². The topological polar surface area (TPSA) is 68.3 Å². The molecule has 7 heteroatoms. The van der Waals surface area contributed by atoms with Crippen LogP contribution in [0.3, 0.4) is 0 Å². The highest BCUT2D eigenvalue weighted by molar-refractivity contribution is 6.31. The van der Waals surface area contributed by atoms with Crippen LogP contribution in [0.4, 0.5) is 0 Å². The summed E-state index contributed by atoms with van der Waals surface area (Å²) >= 11 is 6.25. The molecule has 6 nitrogen and oxygen atoms in total. The number of nitrogens with two attached hydrogens (primary N) is 1. The van der Waals surface area contributed by atoms with Crippen LogP contribution in [0.15, 0.2) is 6.20 Å². The zero-order valence-corrected chi connectivity index (χ0v) is 13.0. The highest BCUT2D eigenvalue weighted by atomic mass is 35.5. The van der Waals surface area contributed by atoms with Crippen molar-refractivity contribution >= 4 is 11.6 Å². The lowest BCUT2D eigenvalue weighted by Gasteiger charge is -2.33. The third-order valence-electron chi connectivity index (χ3n) is 3.25. The maximum absolute atomic E-state index is 6.25. The standard InChI is InChI=1S/C12H24ClN5O/c1-12(2,19-5)11(16-14)10-9(13)8-15-18(10)7-6-17(3)4/h8,11,16H,6-7,14H2,1-5H3. The molecule has 1 unspecified atom stereocenters. The fraction of sp³-hybridized carbons (Fsp3) is 0.750. The number of nitrogens with zero attached hydrogens (tertiary/aromatic N) is 3. The average molecular weight is 290 g/mol. The Morgan fingerprint density at radius 3 is 2.68 bits per heavy atom. The molecule has 0 aromatic carbocycles. The molecule has 19 heavy (non-hydrogen) atoms. The number of hydrogen-bond donors (Lipinski definition) is 2. The highest BCUT2D eigenvalue weighted by Gasteiger charge is 2.34. The van der Waals surface area contributed by atoms with Crippen molar-refractivity contribution in [3.63, 3.8) is 0 Å². The first-order chi connectivity index (χ1) is 8.83. The predicted octanol–water partition coefficient (Wildman–Crippen LogP) is 1.03. The SMILES string of the molecule is COC(C)(C)C(NN)c1c(Cl)cnn1CCN(C)C. The number of nitrogens with one attached hydrogen (secondary N) is 1. The van der Waals surface area contributed by atoms with Crippen LogP contribution in [0, 0.1) is 0 Å². The third-order valence-corrected chi connectivity index (χ3v) is 3.54. The van der Waals surface area contributed by atoms with Crippen LogP contribution in [0.25, 0.3) is 0 Å².